The molecule has 2 N–H and O–H groups in total. The van der Waals surface area contributed by atoms with E-state index in [2.05, 4.69) is 20.4 Å². The van der Waals surface area contributed by atoms with Crippen LogP contribution in [0.3, 0.4) is 0 Å². The number of hydrogen-bond donors (Lipinski definition) is 2. The number of carboxylic acid groups (broad SMARTS) is 1. The second-order valence-corrected chi connectivity index (χ2v) is 7.00. The minimum Gasteiger partial charge on any atom is -0.481 e. The van der Waals surface area contributed by atoms with Gasteiger partial charge in [-0.05, 0) is 25.6 Å². The number of likely N-dealkylation sites (N-methyl/N-ethyl adjacent to an activating group) is 1. The summed E-state index contributed by atoms with van der Waals surface area (Å²) in [7, 11) is 1.93. The summed E-state index contributed by atoms with van der Waals surface area (Å²) >= 11 is 1.08. The number of nitrogens with zero attached hydrogens (tertiary/aromatic N) is 4. The zero-order chi connectivity index (χ0) is 18.5. The lowest BCUT2D eigenvalue weighted by atomic mass is 10.1. The number of rotatable bonds is 7. The third-order valence-electron chi connectivity index (χ3n) is 3.99. The van der Waals surface area contributed by atoms with E-state index in [1.54, 1.807) is 6.20 Å². The van der Waals surface area contributed by atoms with Gasteiger partial charge in [0, 0.05) is 18.8 Å². The van der Waals surface area contributed by atoms with Crippen molar-refractivity contribution in [2.45, 2.75) is 18.5 Å². The Morgan fingerprint density at radius 1 is 1.42 bits per heavy atom. The molecule has 1 amide bonds. The standard InChI is InChI=1S/C16H19N5O4S/c1-21-7-10(18-13(22)8-26-9-14(23)24)6-12(21)16-19-15(20-25-16)11-4-2-3-5-17-11/h2-5,10,12H,6-9H2,1H3,(H,18,22)(H,23,24). The highest BCUT2D eigenvalue weighted by atomic mass is 32.2. The van der Waals surface area contributed by atoms with E-state index in [1.165, 1.54) is 0 Å². The number of aromatic nitrogens is 3. The summed E-state index contributed by atoms with van der Waals surface area (Å²) < 4.78 is 5.39. The number of hydrogen-bond acceptors (Lipinski definition) is 8. The number of aliphatic carboxylic acids is 1. The van der Waals surface area contributed by atoms with Crippen LogP contribution in [0.5, 0.6) is 0 Å². The van der Waals surface area contributed by atoms with Gasteiger partial charge in [-0.1, -0.05) is 11.2 Å². The molecule has 138 valence electrons. The molecule has 2 aromatic heterocycles. The quantitative estimate of drug-likeness (QED) is 0.722. The van der Waals surface area contributed by atoms with Crippen LogP contribution in [0, 0.1) is 0 Å². The lowest BCUT2D eigenvalue weighted by Crippen LogP contribution is -2.37. The zero-order valence-electron chi connectivity index (χ0n) is 14.2. The average molecular weight is 377 g/mol. The van der Waals surface area contributed by atoms with Gasteiger partial charge in [-0.15, -0.1) is 11.8 Å². The van der Waals surface area contributed by atoms with Crippen LogP contribution >= 0.6 is 11.8 Å². The normalized spacial score (nSPS) is 20.2. The van der Waals surface area contributed by atoms with E-state index >= 15 is 0 Å². The SMILES string of the molecule is CN1CC(NC(=O)CSCC(=O)O)CC1c1nc(-c2ccccn2)no1. The predicted molar refractivity (Wildman–Crippen MR) is 94.4 cm³/mol. The third kappa shape index (κ3) is 4.58. The molecular formula is C16H19N5O4S. The van der Waals surface area contributed by atoms with Crippen molar-refractivity contribution in [2.24, 2.45) is 0 Å². The van der Waals surface area contributed by atoms with E-state index in [0.717, 1.165) is 11.8 Å². The molecule has 1 aliphatic heterocycles. The topological polar surface area (TPSA) is 121 Å². The summed E-state index contributed by atoms with van der Waals surface area (Å²) in [6.07, 6.45) is 2.32. The molecule has 0 aromatic carbocycles. The Morgan fingerprint density at radius 3 is 3.00 bits per heavy atom. The number of nitrogens with one attached hydrogen (secondary N) is 1. The number of likely N-dealkylation sites (tertiary alicyclic amines) is 1. The van der Waals surface area contributed by atoms with Crippen LogP contribution in [-0.2, 0) is 9.59 Å². The van der Waals surface area contributed by atoms with E-state index in [0.29, 0.717) is 30.4 Å². The number of pyridine rings is 1. The monoisotopic (exact) mass is 377 g/mol. The summed E-state index contributed by atoms with van der Waals surface area (Å²) in [6.45, 7) is 0.654. The Hall–Kier alpha value is -2.46. The van der Waals surface area contributed by atoms with Crippen LogP contribution in [0.15, 0.2) is 28.9 Å². The van der Waals surface area contributed by atoms with Crippen molar-refractivity contribution in [3.05, 3.63) is 30.3 Å². The molecule has 1 saturated heterocycles. The van der Waals surface area contributed by atoms with Gasteiger partial charge in [0.1, 0.15) is 5.69 Å². The van der Waals surface area contributed by atoms with Crippen LogP contribution in [0.1, 0.15) is 18.4 Å². The first-order valence-electron chi connectivity index (χ1n) is 8.07. The number of carbonyl (C=O) groups is 2. The first kappa shape index (κ1) is 18.3. The number of thioether (sulfide) groups is 1. The summed E-state index contributed by atoms with van der Waals surface area (Å²) in [5.74, 6) is -0.129. The van der Waals surface area contributed by atoms with Crippen molar-refractivity contribution < 1.29 is 19.2 Å². The highest BCUT2D eigenvalue weighted by Crippen LogP contribution is 2.30. The number of carboxylic acids is 1. The van der Waals surface area contributed by atoms with Crippen molar-refractivity contribution in [3.8, 4) is 11.5 Å². The smallest absolute Gasteiger partial charge is 0.313 e. The second-order valence-electron chi connectivity index (χ2n) is 6.01. The summed E-state index contributed by atoms with van der Waals surface area (Å²) in [5, 5.41) is 15.5. The van der Waals surface area contributed by atoms with Crippen LogP contribution < -0.4 is 5.32 Å². The van der Waals surface area contributed by atoms with Gasteiger partial charge in [0.05, 0.1) is 17.5 Å². The molecule has 1 aliphatic rings. The molecule has 2 unspecified atom stereocenters. The van der Waals surface area contributed by atoms with E-state index in [1.807, 2.05) is 30.1 Å². The van der Waals surface area contributed by atoms with Gasteiger partial charge >= 0.3 is 5.97 Å². The maximum Gasteiger partial charge on any atom is 0.313 e. The van der Waals surface area contributed by atoms with Crippen LogP contribution in [-0.4, -0.2) is 68.1 Å². The fraction of sp³-hybridized carbons (Fsp3) is 0.438. The molecule has 3 heterocycles. The lowest BCUT2D eigenvalue weighted by molar-refractivity contribution is -0.133. The van der Waals surface area contributed by atoms with E-state index < -0.39 is 5.97 Å². The molecule has 9 nitrogen and oxygen atoms in total. The van der Waals surface area contributed by atoms with Gasteiger partial charge in [-0.3, -0.25) is 19.5 Å². The van der Waals surface area contributed by atoms with Gasteiger partial charge in [-0.2, -0.15) is 4.98 Å². The lowest BCUT2D eigenvalue weighted by Gasteiger charge is -2.14. The Bertz CT molecular complexity index is 769. The molecule has 0 aliphatic carbocycles. The highest BCUT2D eigenvalue weighted by molar-refractivity contribution is 8.00. The Labute approximate surface area is 154 Å². The zero-order valence-corrected chi connectivity index (χ0v) is 15.0. The van der Waals surface area contributed by atoms with Crippen LogP contribution in [0.2, 0.25) is 0 Å². The molecule has 10 heteroatoms. The molecule has 3 rings (SSSR count). The molecule has 1 fully saturated rings. The Morgan fingerprint density at radius 2 is 2.27 bits per heavy atom. The first-order chi connectivity index (χ1) is 12.5. The van der Waals surface area contributed by atoms with Gasteiger partial charge in [0.2, 0.25) is 17.6 Å². The van der Waals surface area contributed by atoms with Crippen molar-refractivity contribution in [2.75, 3.05) is 25.1 Å². The predicted octanol–water partition coefficient (Wildman–Crippen LogP) is 0.811. The number of amides is 1. The van der Waals surface area contributed by atoms with Gasteiger partial charge < -0.3 is 14.9 Å². The van der Waals surface area contributed by atoms with Gasteiger partial charge in [-0.25, -0.2) is 0 Å². The summed E-state index contributed by atoms with van der Waals surface area (Å²) in [4.78, 5) is 33.1. The minimum atomic E-state index is -0.927. The maximum absolute atomic E-state index is 11.9. The van der Waals surface area contributed by atoms with E-state index in [4.69, 9.17) is 9.63 Å². The number of carbonyl (C=O) groups excluding carboxylic acids is 1. The fourth-order valence-electron chi connectivity index (χ4n) is 2.86. The van der Waals surface area contributed by atoms with Crippen molar-refractivity contribution in [1.29, 1.82) is 0 Å². The second kappa shape index (κ2) is 8.28. The average Bonchev–Trinajstić information content (AvgIpc) is 3.22. The maximum atomic E-state index is 11.9. The molecular weight excluding hydrogens is 358 g/mol. The molecule has 2 aromatic rings. The van der Waals surface area contributed by atoms with Gasteiger partial charge in [0.25, 0.3) is 0 Å². The Kier molecular flexibility index (Phi) is 5.84. The minimum absolute atomic E-state index is 0.0480. The van der Waals surface area contributed by atoms with Crippen molar-refractivity contribution >= 4 is 23.6 Å². The van der Waals surface area contributed by atoms with Crippen molar-refractivity contribution in [3.63, 3.8) is 0 Å². The Balaban J connectivity index is 1.56. The highest BCUT2D eigenvalue weighted by Gasteiger charge is 2.35. The van der Waals surface area contributed by atoms with Gasteiger partial charge in [0.15, 0.2) is 0 Å². The molecule has 0 saturated carbocycles. The fourth-order valence-corrected chi connectivity index (χ4v) is 3.41. The van der Waals surface area contributed by atoms with E-state index in [9.17, 15) is 9.59 Å². The largest absolute Gasteiger partial charge is 0.481 e. The molecule has 2 atom stereocenters. The van der Waals surface area contributed by atoms with Crippen LogP contribution in [0.4, 0.5) is 0 Å². The summed E-state index contributed by atoms with van der Waals surface area (Å²) in [5.41, 5.74) is 0.642. The third-order valence-corrected chi connectivity index (χ3v) is 4.91. The van der Waals surface area contributed by atoms with E-state index in [-0.39, 0.29) is 29.5 Å². The molecule has 0 bridgehead atoms. The van der Waals surface area contributed by atoms with Crippen molar-refractivity contribution in [1.82, 2.24) is 25.3 Å². The summed E-state index contributed by atoms with van der Waals surface area (Å²) in [6, 6.07) is 5.35. The molecule has 0 spiro atoms. The molecule has 26 heavy (non-hydrogen) atoms. The first-order valence-corrected chi connectivity index (χ1v) is 9.22. The van der Waals surface area contributed by atoms with Crippen LogP contribution in [0.25, 0.3) is 11.5 Å². The molecule has 0 radical (unpaired) electrons.